The quantitative estimate of drug-likeness (QED) is 0.913. The second-order valence-corrected chi connectivity index (χ2v) is 4.83. The van der Waals surface area contributed by atoms with Crippen molar-refractivity contribution in [3.63, 3.8) is 0 Å². The minimum Gasteiger partial charge on any atom is -0.456 e. The molecule has 0 bridgehead atoms. The summed E-state index contributed by atoms with van der Waals surface area (Å²) in [5.41, 5.74) is 1.03. The molecule has 1 aromatic carbocycles. The summed E-state index contributed by atoms with van der Waals surface area (Å²) in [5.74, 6) is 0.865. The Balaban J connectivity index is 2.11. The molecule has 1 aromatic heterocycles. The first kappa shape index (κ1) is 13.7. The van der Waals surface area contributed by atoms with Gasteiger partial charge in [-0.05, 0) is 43.2 Å². The fourth-order valence-electron chi connectivity index (χ4n) is 1.90. The number of aryl methyl sites for hydroxylation is 1. The highest BCUT2D eigenvalue weighted by molar-refractivity contribution is 6.30. The van der Waals surface area contributed by atoms with Crippen molar-refractivity contribution in [2.75, 3.05) is 0 Å². The zero-order valence-corrected chi connectivity index (χ0v) is 11.7. The zero-order valence-electron chi connectivity index (χ0n) is 10.9. The van der Waals surface area contributed by atoms with Crippen LogP contribution in [-0.2, 0) is 0 Å². The highest BCUT2D eigenvalue weighted by Crippen LogP contribution is 2.20. The average molecular weight is 278 g/mol. The standard InChI is InChI=1S/C15H16ClNO2/c1-3-13(11-5-7-12(16)8-6-11)17-15(18)14-9-4-10(2)19-14/h4-9,13H,3H2,1-2H3,(H,17,18). The number of nitrogens with one attached hydrogen (secondary N) is 1. The van der Waals surface area contributed by atoms with Crippen LogP contribution in [0.2, 0.25) is 5.02 Å². The smallest absolute Gasteiger partial charge is 0.287 e. The second-order valence-electron chi connectivity index (χ2n) is 4.40. The SMILES string of the molecule is CCC(NC(=O)c1ccc(C)o1)c1ccc(Cl)cc1. The third kappa shape index (κ3) is 3.38. The number of rotatable bonds is 4. The predicted molar refractivity (Wildman–Crippen MR) is 75.4 cm³/mol. The van der Waals surface area contributed by atoms with Crippen molar-refractivity contribution in [1.29, 1.82) is 0 Å². The summed E-state index contributed by atoms with van der Waals surface area (Å²) in [6, 6.07) is 10.9. The predicted octanol–water partition coefficient (Wildman–Crippen LogP) is 4.12. The lowest BCUT2D eigenvalue weighted by Gasteiger charge is -2.16. The van der Waals surface area contributed by atoms with Crippen molar-refractivity contribution < 1.29 is 9.21 Å². The molecule has 3 nitrogen and oxygen atoms in total. The molecule has 1 amide bonds. The highest BCUT2D eigenvalue weighted by atomic mass is 35.5. The molecule has 0 aliphatic heterocycles. The molecule has 0 aliphatic rings. The summed E-state index contributed by atoms with van der Waals surface area (Å²) in [4.78, 5) is 12.0. The monoisotopic (exact) mass is 277 g/mol. The highest BCUT2D eigenvalue weighted by Gasteiger charge is 2.16. The van der Waals surface area contributed by atoms with E-state index in [9.17, 15) is 4.79 Å². The summed E-state index contributed by atoms with van der Waals surface area (Å²) in [5, 5.41) is 3.64. The van der Waals surface area contributed by atoms with Crippen molar-refractivity contribution >= 4 is 17.5 Å². The summed E-state index contributed by atoms with van der Waals surface area (Å²) in [6.07, 6.45) is 0.799. The van der Waals surface area contributed by atoms with Crippen LogP contribution in [0.3, 0.4) is 0 Å². The van der Waals surface area contributed by atoms with E-state index >= 15 is 0 Å². The van der Waals surface area contributed by atoms with Gasteiger partial charge in [-0.3, -0.25) is 4.79 Å². The number of hydrogen-bond donors (Lipinski definition) is 1. The van der Waals surface area contributed by atoms with Crippen LogP contribution in [0, 0.1) is 6.92 Å². The minimum atomic E-state index is -0.199. The lowest BCUT2D eigenvalue weighted by atomic mass is 10.0. The number of amides is 1. The molecule has 0 saturated carbocycles. The molecular formula is C15H16ClNO2. The number of carbonyl (C=O) groups is 1. The van der Waals surface area contributed by atoms with Gasteiger partial charge in [-0.2, -0.15) is 0 Å². The van der Waals surface area contributed by atoms with Gasteiger partial charge in [0.1, 0.15) is 5.76 Å². The summed E-state index contributed by atoms with van der Waals surface area (Å²) >= 11 is 5.86. The Morgan fingerprint density at radius 2 is 1.95 bits per heavy atom. The number of carbonyl (C=O) groups excluding carboxylic acids is 1. The molecule has 0 spiro atoms. The molecule has 0 aliphatic carbocycles. The van der Waals surface area contributed by atoms with Crippen LogP contribution in [0.25, 0.3) is 0 Å². The Bertz CT molecular complexity index is 560. The van der Waals surface area contributed by atoms with Crippen LogP contribution in [-0.4, -0.2) is 5.91 Å². The second kappa shape index (κ2) is 5.93. The maximum Gasteiger partial charge on any atom is 0.287 e. The van der Waals surface area contributed by atoms with Gasteiger partial charge in [0.25, 0.3) is 5.91 Å². The number of furan rings is 1. The molecule has 1 atom stereocenters. The lowest BCUT2D eigenvalue weighted by molar-refractivity contribution is 0.0906. The van der Waals surface area contributed by atoms with Gasteiger partial charge in [0.15, 0.2) is 5.76 Å². The summed E-state index contributed by atoms with van der Waals surface area (Å²) in [7, 11) is 0. The molecule has 0 saturated heterocycles. The third-order valence-electron chi connectivity index (χ3n) is 2.95. The largest absolute Gasteiger partial charge is 0.456 e. The lowest BCUT2D eigenvalue weighted by Crippen LogP contribution is -2.27. The van der Waals surface area contributed by atoms with Gasteiger partial charge in [-0.1, -0.05) is 30.7 Å². The molecule has 4 heteroatoms. The van der Waals surface area contributed by atoms with E-state index in [0.29, 0.717) is 10.8 Å². The minimum absolute atomic E-state index is 0.0461. The van der Waals surface area contributed by atoms with E-state index in [2.05, 4.69) is 5.32 Å². The van der Waals surface area contributed by atoms with E-state index in [1.54, 1.807) is 12.1 Å². The van der Waals surface area contributed by atoms with Gasteiger partial charge in [-0.25, -0.2) is 0 Å². The Morgan fingerprint density at radius 1 is 1.26 bits per heavy atom. The topological polar surface area (TPSA) is 42.2 Å². The van der Waals surface area contributed by atoms with Gasteiger partial charge in [-0.15, -0.1) is 0 Å². The van der Waals surface area contributed by atoms with Gasteiger partial charge in [0.2, 0.25) is 0 Å². The molecule has 1 unspecified atom stereocenters. The first-order valence-corrected chi connectivity index (χ1v) is 6.60. The normalized spacial score (nSPS) is 12.2. The van der Waals surface area contributed by atoms with E-state index in [0.717, 1.165) is 17.7 Å². The van der Waals surface area contributed by atoms with E-state index in [1.165, 1.54) is 0 Å². The first-order chi connectivity index (χ1) is 9.10. The first-order valence-electron chi connectivity index (χ1n) is 6.23. The van der Waals surface area contributed by atoms with E-state index in [1.807, 2.05) is 38.1 Å². The zero-order chi connectivity index (χ0) is 13.8. The van der Waals surface area contributed by atoms with Crippen LogP contribution >= 0.6 is 11.6 Å². The van der Waals surface area contributed by atoms with Crippen LogP contribution < -0.4 is 5.32 Å². The van der Waals surface area contributed by atoms with Crippen LogP contribution in [0.4, 0.5) is 0 Å². The molecule has 2 aromatic rings. The maximum absolute atomic E-state index is 12.0. The Kier molecular flexibility index (Phi) is 4.27. The van der Waals surface area contributed by atoms with E-state index < -0.39 is 0 Å². The third-order valence-corrected chi connectivity index (χ3v) is 3.20. The molecule has 1 heterocycles. The number of halogens is 1. The number of benzene rings is 1. The van der Waals surface area contributed by atoms with Crippen LogP contribution in [0.15, 0.2) is 40.8 Å². The van der Waals surface area contributed by atoms with Crippen molar-refractivity contribution in [2.45, 2.75) is 26.3 Å². The molecule has 1 N–H and O–H groups in total. The molecule has 19 heavy (non-hydrogen) atoms. The van der Waals surface area contributed by atoms with Crippen molar-refractivity contribution in [1.82, 2.24) is 5.32 Å². The average Bonchev–Trinajstić information content (AvgIpc) is 2.84. The van der Waals surface area contributed by atoms with E-state index in [4.69, 9.17) is 16.0 Å². The molecule has 0 radical (unpaired) electrons. The Hall–Kier alpha value is -1.74. The molecule has 0 fully saturated rings. The molecular weight excluding hydrogens is 262 g/mol. The van der Waals surface area contributed by atoms with E-state index in [-0.39, 0.29) is 11.9 Å². The molecule has 2 rings (SSSR count). The van der Waals surface area contributed by atoms with Gasteiger partial charge in [0, 0.05) is 5.02 Å². The fraction of sp³-hybridized carbons (Fsp3) is 0.267. The number of hydrogen-bond acceptors (Lipinski definition) is 2. The fourth-order valence-corrected chi connectivity index (χ4v) is 2.03. The van der Waals surface area contributed by atoms with Crippen molar-refractivity contribution in [3.05, 3.63) is 58.5 Å². The summed E-state index contributed by atoms with van der Waals surface area (Å²) in [6.45, 7) is 3.83. The van der Waals surface area contributed by atoms with Gasteiger partial charge >= 0.3 is 0 Å². The maximum atomic E-state index is 12.0. The van der Waals surface area contributed by atoms with Crippen molar-refractivity contribution in [2.24, 2.45) is 0 Å². The summed E-state index contributed by atoms with van der Waals surface area (Å²) < 4.78 is 5.31. The Labute approximate surface area is 117 Å². The van der Waals surface area contributed by atoms with Gasteiger partial charge < -0.3 is 9.73 Å². The van der Waals surface area contributed by atoms with Crippen molar-refractivity contribution in [3.8, 4) is 0 Å². The van der Waals surface area contributed by atoms with Gasteiger partial charge in [0.05, 0.1) is 6.04 Å². The molecule has 100 valence electrons. The Morgan fingerprint density at radius 3 is 2.47 bits per heavy atom. The van der Waals surface area contributed by atoms with Crippen LogP contribution in [0.1, 0.15) is 41.3 Å². The van der Waals surface area contributed by atoms with Crippen LogP contribution in [0.5, 0.6) is 0 Å².